The summed E-state index contributed by atoms with van der Waals surface area (Å²) < 4.78 is 39.7. The van der Waals surface area contributed by atoms with Crippen molar-refractivity contribution in [3.8, 4) is 11.5 Å². The summed E-state index contributed by atoms with van der Waals surface area (Å²) in [5.74, 6) is -0.246. The summed E-state index contributed by atoms with van der Waals surface area (Å²) in [5.41, 5.74) is 1.05. The number of amides is 2. The number of benzene rings is 3. The third-order valence-corrected chi connectivity index (χ3v) is 8.49. The fourth-order valence-electron chi connectivity index (χ4n) is 4.31. The lowest BCUT2D eigenvalue weighted by Crippen LogP contribution is -2.52. The number of nitrogens with one attached hydrogen (secondary N) is 1. The summed E-state index contributed by atoms with van der Waals surface area (Å²) in [7, 11) is -1.43. The van der Waals surface area contributed by atoms with Crippen molar-refractivity contribution < 1.29 is 27.5 Å². The summed E-state index contributed by atoms with van der Waals surface area (Å²) >= 11 is 6.09. The lowest BCUT2D eigenvalue weighted by atomic mass is 10.1. The smallest absolute Gasteiger partial charge is 0.264 e. The van der Waals surface area contributed by atoms with Gasteiger partial charge in [-0.15, -0.1) is 0 Å². The van der Waals surface area contributed by atoms with Crippen molar-refractivity contribution in [1.82, 2.24) is 10.2 Å². The number of methoxy groups -OCH3 is 2. The van der Waals surface area contributed by atoms with Gasteiger partial charge < -0.3 is 19.7 Å². The molecule has 1 unspecified atom stereocenters. The van der Waals surface area contributed by atoms with Gasteiger partial charge in [0.25, 0.3) is 10.0 Å². The maximum Gasteiger partial charge on any atom is 0.264 e. The molecule has 0 aliphatic rings. The molecule has 3 rings (SSSR count). The molecule has 0 spiro atoms. The highest BCUT2D eigenvalue weighted by atomic mass is 35.5. The number of hydrogen-bond donors (Lipinski definition) is 1. The predicted molar refractivity (Wildman–Crippen MR) is 160 cm³/mol. The highest BCUT2D eigenvalue weighted by molar-refractivity contribution is 7.92. The molecule has 41 heavy (non-hydrogen) atoms. The van der Waals surface area contributed by atoms with Gasteiger partial charge >= 0.3 is 0 Å². The van der Waals surface area contributed by atoms with E-state index < -0.39 is 28.5 Å². The summed E-state index contributed by atoms with van der Waals surface area (Å²) in [4.78, 5) is 28.5. The number of nitrogens with zero attached hydrogens (tertiary/aromatic N) is 2. The number of sulfonamides is 1. The van der Waals surface area contributed by atoms with Gasteiger partial charge in [0.1, 0.15) is 12.6 Å². The second kappa shape index (κ2) is 14.7. The van der Waals surface area contributed by atoms with Gasteiger partial charge in [0.05, 0.1) is 24.8 Å². The van der Waals surface area contributed by atoms with Crippen LogP contribution in [0.2, 0.25) is 5.02 Å². The largest absolute Gasteiger partial charge is 0.493 e. The van der Waals surface area contributed by atoms with Crippen molar-refractivity contribution in [3.05, 3.63) is 83.4 Å². The molecule has 1 atom stereocenters. The SMILES string of the molecule is CCCNC(=O)C(CC)N(Cc1ccccc1)C(=O)CN(c1ccc(Cl)cc1)S(=O)(=O)c1ccc(OC)c(OC)c1. The van der Waals surface area contributed by atoms with Crippen LogP contribution in [0, 0.1) is 0 Å². The molecule has 9 nitrogen and oxygen atoms in total. The Labute approximate surface area is 247 Å². The number of ether oxygens (including phenoxy) is 2. The Kier molecular flexibility index (Phi) is 11.4. The van der Waals surface area contributed by atoms with Crippen LogP contribution in [0.15, 0.2) is 77.7 Å². The van der Waals surface area contributed by atoms with E-state index in [-0.39, 0.29) is 28.8 Å². The molecule has 0 aliphatic carbocycles. The lowest BCUT2D eigenvalue weighted by molar-refractivity contribution is -0.140. The Hall–Kier alpha value is -3.76. The Morgan fingerprint density at radius 2 is 1.59 bits per heavy atom. The van der Waals surface area contributed by atoms with E-state index in [9.17, 15) is 18.0 Å². The number of carbonyl (C=O) groups is 2. The van der Waals surface area contributed by atoms with E-state index in [1.165, 1.54) is 49.5 Å². The van der Waals surface area contributed by atoms with Crippen LogP contribution in [0.1, 0.15) is 32.3 Å². The number of halogens is 1. The maximum absolute atomic E-state index is 14.1. The van der Waals surface area contributed by atoms with Crippen LogP contribution in [-0.2, 0) is 26.2 Å². The van der Waals surface area contributed by atoms with E-state index in [1.54, 1.807) is 12.1 Å². The first-order chi connectivity index (χ1) is 19.7. The Morgan fingerprint density at radius 3 is 2.17 bits per heavy atom. The first-order valence-electron chi connectivity index (χ1n) is 13.3. The van der Waals surface area contributed by atoms with E-state index in [0.29, 0.717) is 23.7 Å². The van der Waals surface area contributed by atoms with Gasteiger partial charge in [-0.1, -0.05) is 55.8 Å². The van der Waals surface area contributed by atoms with Gasteiger partial charge in [-0.3, -0.25) is 13.9 Å². The lowest BCUT2D eigenvalue weighted by Gasteiger charge is -2.33. The van der Waals surface area contributed by atoms with Crippen molar-refractivity contribution in [3.63, 3.8) is 0 Å². The zero-order valence-corrected chi connectivity index (χ0v) is 25.2. The van der Waals surface area contributed by atoms with Crippen molar-refractivity contribution in [2.24, 2.45) is 0 Å². The standard InChI is InChI=1S/C30H36ClN3O6S/c1-5-18-32-30(36)26(6-2)33(20-22-10-8-7-9-11-22)29(35)21-34(24-14-12-23(31)13-15-24)41(37,38)25-16-17-27(39-3)28(19-25)40-4/h7-17,19,26H,5-6,18,20-21H2,1-4H3,(H,32,36). The van der Waals surface area contributed by atoms with Gasteiger partial charge in [-0.2, -0.15) is 0 Å². The van der Waals surface area contributed by atoms with Crippen LogP contribution in [-0.4, -0.2) is 58.5 Å². The van der Waals surface area contributed by atoms with E-state index in [4.69, 9.17) is 21.1 Å². The van der Waals surface area contributed by atoms with E-state index in [2.05, 4.69) is 5.32 Å². The second-order valence-corrected chi connectivity index (χ2v) is 11.5. The van der Waals surface area contributed by atoms with Gasteiger partial charge in [-0.05, 0) is 54.8 Å². The molecule has 3 aromatic carbocycles. The average molecular weight is 602 g/mol. The quantitative estimate of drug-likeness (QED) is 0.282. The molecule has 11 heteroatoms. The number of anilines is 1. The molecule has 0 aliphatic heterocycles. The van der Waals surface area contributed by atoms with E-state index >= 15 is 0 Å². The molecule has 3 aromatic rings. The average Bonchev–Trinajstić information content (AvgIpc) is 2.99. The van der Waals surface area contributed by atoms with Gasteiger partial charge in [0.15, 0.2) is 11.5 Å². The fraction of sp³-hybridized carbons (Fsp3) is 0.333. The highest BCUT2D eigenvalue weighted by Crippen LogP contribution is 2.32. The Bertz CT molecular complexity index is 1420. The van der Waals surface area contributed by atoms with E-state index in [0.717, 1.165) is 16.3 Å². The van der Waals surface area contributed by atoms with Crippen molar-refractivity contribution in [1.29, 1.82) is 0 Å². The van der Waals surface area contributed by atoms with Crippen molar-refractivity contribution in [2.45, 2.75) is 44.2 Å². The minimum atomic E-state index is -4.29. The van der Waals surface area contributed by atoms with Crippen LogP contribution in [0.5, 0.6) is 11.5 Å². The molecule has 0 saturated carbocycles. The molecule has 220 valence electrons. The molecule has 1 N–H and O–H groups in total. The zero-order valence-electron chi connectivity index (χ0n) is 23.7. The van der Waals surface area contributed by atoms with Crippen LogP contribution in [0.3, 0.4) is 0 Å². The third-order valence-electron chi connectivity index (χ3n) is 6.47. The topological polar surface area (TPSA) is 105 Å². The summed E-state index contributed by atoms with van der Waals surface area (Å²) in [6.07, 6.45) is 1.08. The predicted octanol–water partition coefficient (Wildman–Crippen LogP) is 4.89. The molecule has 2 amide bonds. The molecular weight excluding hydrogens is 566 g/mol. The summed E-state index contributed by atoms with van der Waals surface area (Å²) in [6, 6.07) is 18.8. The molecular formula is C30H36ClN3O6S. The molecule has 0 heterocycles. The molecule has 0 aromatic heterocycles. The van der Waals surface area contributed by atoms with Crippen molar-refractivity contribution in [2.75, 3.05) is 31.6 Å². The van der Waals surface area contributed by atoms with Crippen LogP contribution in [0.4, 0.5) is 5.69 Å². The first-order valence-corrected chi connectivity index (χ1v) is 15.1. The Morgan fingerprint density at radius 1 is 0.927 bits per heavy atom. The van der Waals surface area contributed by atoms with Gasteiger partial charge in [-0.25, -0.2) is 8.42 Å². The summed E-state index contributed by atoms with van der Waals surface area (Å²) in [6.45, 7) is 3.80. The van der Waals surface area contributed by atoms with Crippen LogP contribution < -0.4 is 19.1 Å². The Balaban J connectivity index is 2.07. The number of rotatable bonds is 14. The molecule has 0 bridgehead atoms. The van der Waals surface area contributed by atoms with Crippen molar-refractivity contribution >= 4 is 39.1 Å². The highest BCUT2D eigenvalue weighted by Gasteiger charge is 2.34. The van der Waals surface area contributed by atoms with Crippen LogP contribution in [0.25, 0.3) is 0 Å². The molecule has 0 saturated heterocycles. The van der Waals surface area contributed by atoms with Crippen LogP contribution >= 0.6 is 11.6 Å². The van der Waals surface area contributed by atoms with Gasteiger partial charge in [0, 0.05) is 24.2 Å². The maximum atomic E-state index is 14.1. The van der Waals surface area contributed by atoms with E-state index in [1.807, 2.05) is 44.2 Å². The normalized spacial score (nSPS) is 11.8. The number of hydrogen-bond acceptors (Lipinski definition) is 6. The zero-order chi connectivity index (χ0) is 30.0. The number of carbonyl (C=O) groups excluding carboxylic acids is 2. The summed E-state index contributed by atoms with van der Waals surface area (Å²) in [5, 5.41) is 3.28. The minimum absolute atomic E-state index is 0.0970. The molecule has 0 radical (unpaired) electrons. The van der Waals surface area contributed by atoms with Gasteiger partial charge in [0.2, 0.25) is 11.8 Å². The molecule has 0 fully saturated rings. The second-order valence-electron chi connectivity index (χ2n) is 9.23. The first kappa shape index (κ1) is 31.8. The minimum Gasteiger partial charge on any atom is -0.493 e. The third kappa shape index (κ3) is 7.92. The fourth-order valence-corrected chi connectivity index (χ4v) is 5.86. The monoisotopic (exact) mass is 601 g/mol.